The van der Waals surface area contributed by atoms with Crippen molar-refractivity contribution >= 4 is 39.9 Å². The molecule has 0 bridgehead atoms. The summed E-state index contributed by atoms with van der Waals surface area (Å²) in [6.07, 6.45) is -1.17. The molecular formula is C21H13ClF3N5O3. The number of pyridine rings is 2. The van der Waals surface area contributed by atoms with Crippen molar-refractivity contribution in [1.82, 2.24) is 19.7 Å². The van der Waals surface area contributed by atoms with Crippen molar-refractivity contribution in [3.63, 3.8) is 0 Å². The van der Waals surface area contributed by atoms with Gasteiger partial charge in [-0.2, -0.15) is 18.3 Å². The monoisotopic (exact) mass is 475 g/mol. The molecule has 0 aliphatic carbocycles. The Morgan fingerprint density at radius 1 is 1.09 bits per heavy atom. The van der Waals surface area contributed by atoms with Crippen molar-refractivity contribution < 1.29 is 27.5 Å². The smallest absolute Gasteiger partial charge is 0.434 e. The molecular weight excluding hydrogens is 463 g/mol. The van der Waals surface area contributed by atoms with E-state index in [0.29, 0.717) is 15.5 Å². The van der Waals surface area contributed by atoms with E-state index in [1.54, 1.807) is 24.3 Å². The molecule has 0 saturated carbocycles. The van der Waals surface area contributed by atoms with Gasteiger partial charge in [0, 0.05) is 17.0 Å². The van der Waals surface area contributed by atoms with E-state index in [-0.39, 0.29) is 17.1 Å². The summed E-state index contributed by atoms with van der Waals surface area (Å²) in [5.41, 5.74) is -2.22. The second-order valence-electron chi connectivity index (χ2n) is 6.68. The Bertz CT molecular complexity index is 1360. The molecule has 0 radical (unpaired) electrons. The Balaban J connectivity index is 1.79. The molecule has 0 aliphatic heterocycles. The highest BCUT2D eigenvalue weighted by Crippen LogP contribution is 2.38. The molecule has 4 rings (SSSR count). The largest absolute Gasteiger partial charge is 0.464 e. The third kappa shape index (κ3) is 4.22. The molecule has 0 spiro atoms. The number of carbonyl (C=O) groups is 2. The number of benzene rings is 1. The SMILES string of the molecule is COC(=O)c1ccc(NC(=O)c2c(Cl)nn(-c3cncc4ccccc34)c2C(F)(F)F)cn1. The van der Waals surface area contributed by atoms with E-state index >= 15 is 0 Å². The van der Waals surface area contributed by atoms with E-state index in [1.165, 1.54) is 31.6 Å². The minimum absolute atomic E-state index is 0.00507. The molecule has 0 atom stereocenters. The van der Waals surface area contributed by atoms with E-state index in [4.69, 9.17) is 11.6 Å². The third-order valence-electron chi connectivity index (χ3n) is 4.63. The van der Waals surface area contributed by atoms with Gasteiger partial charge in [0.15, 0.2) is 10.8 Å². The van der Waals surface area contributed by atoms with Crippen LogP contribution in [-0.2, 0) is 10.9 Å². The maximum Gasteiger partial charge on any atom is 0.434 e. The Hall–Kier alpha value is -3.99. The number of hydrogen-bond donors (Lipinski definition) is 1. The molecule has 3 heterocycles. The van der Waals surface area contributed by atoms with Crippen LogP contribution in [0.1, 0.15) is 26.5 Å². The summed E-state index contributed by atoms with van der Waals surface area (Å²) in [5.74, 6) is -1.86. The lowest BCUT2D eigenvalue weighted by molar-refractivity contribution is -0.143. The van der Waals surface area contributed by atoms with E-state index in [0.717, 1.165) is 6.20 Å². The number of nitrogens with zero attached hydrogens (tertiary/aromatic N) is 4. The number of alkyl halides is 3. The zero-order chi connectivity index (χ0) is 23.8. The summed E-state index contributed by atoms with van der Waals surface area (Å²) >= 11 is 6.01. The van der Waals surface area contributed by atoms with Crippen LogP contribution in [0.15, 0.2) is 55.0 Å². The number of fused-ring (bicyclic) bond motifs is 1. The highest BCUT2D eigenvalue weighted by atomic mass is 35.5. The fraction of sp³-hybridized carbons (Fsp3) is 0.0952. The van der Waals surface area contributed by atoms with E-state index in [2.05, 4.69) is 25.1 Å². The number of amides is 1. The predicted octanol–water partition coefficient (Wildman–Crippen LogP) is 4.53. The van der Waals surface area contributed by atoms with Gasteiger partial charge in [-0.25, -0.2) is 14.5 Å². The van der Waals surface area contributed by atoms with Gasteiger partial charge in [-0.1, -0.05) is 35.9 Å². The lowest BCUT2D eigenvalue weighted by Gasteiger charge is -2.14. The summed E-state index contributed by atoms with van der Waals surface area (Å²) in [4.78, 5) is 32.0. The first-order valence-electron chi connectivity index (χ1n) is 9.25. The third-order valence-corrected chi connectivity index (χ3v) is 4.89. The number of halogens is 4. The average Bonchev–Trinajstić information content (AvgIpc) is 3.16. The Labute approximate surface area is 189 Å². The quantitative estimate of drug-likeness (QED) is 0.435. The normalized spacial score (nSPS) is 11.4. The molecule has 0 saturated heterocycles. The molecule has 1 N–H and O–H groups in total. The lowest BCUT2D eigenvalue weighted by atomic mass is 10.1. The number of aromatic nitrogens is 4. The second-order valence-corrected chi connectivity index (χ2v) is 7.04. The maximum atomic E-state index is 14.1. The van der Waals surface area contributed by atoms with Gasteiger partial charge in [-0.3, -0.25) is 9.78 Å². The van der Waals surface area contributed by atoms with E-state index < -0.39 is 34.5 Å². The predicted molar refractivity (Wildman–Crippen MR) is 112 cm³/mol. The van der Waals surface area contributed by atoms with Crippen LogP contribution in [0.3, 0.4) is 0 Å². The van der Waals surface area contributed by atoms with E-state index in [9.17, 15) is 22.8 Å². The first-order chi connectivity index (χ1) is 15.7. The highest BCUT2D eigenvalue weighted by molar-refractivity contribution is 6.33. The van der Waals surface area contributed by atoms with Gasteiger partial charge in [-0.05, 0) is 12.1 Å². The van der Waals surface area contributed by atoms with Gasteiger partial charge in [0.2, 0.25) is 0 Å². The zero-order valence-corrected chi connectivity index (χ0v) is 17.5. The van der Waals surface area contributed by atoms with Crippen molar-refractivity contribution in [2.75, 3.05) is 12.4 Å². The molecule has 8 nitrogen and oxygen atoms in total. The minimum atomic E-state index is -4.98. The van der Waals surface area contributed by atoms with Crippen LogP contribution in [-0.4, -0.2) is 38.7 Å². The molecule has 1 aromatic carbocycles. The summed E-state index contributed by atoms with van der Waals surface area (Å²) in [6, 6.07) is 9.20. The van der Waals surface area contributed by atoms with Crippen molar-refractivity contribution in [1.29, 1.82) is 0 Å². The molecule has 4 aromatic rings. The fourth-order valence-electron chi connectivity index (χ4n) is 3.18. The second kappa shape index (κ2) is 8.51. The number of hydrogen-bond acceptors (Lipinski definition) is 6. The Kier molecular flexibility index (Phi) is 5.73. The molecule has 0 aliphatic rings. The van der Waals surface area contributed by atoms with Gasteiger partial charge >= 0.3 is 12.1 Å². The van der Waals surface area contributed by atoms with Crippen LogP contribution < -0.4 is 5.32 Å². The van der Waals surface area contributed by atoms with Crippen LogP contribution in [0.25, 0.3) is 16.5 Å². The molecule has 12 heteroatoms. The summed E-state index contributed by atoms with van der Waals surface area (Å²) in [6.45, 7) is 0. The summed E-state index contributed by atoms with van der Waals surface area (Å²) < 4.78 is 47.4. The van der Waals surface area contributed by atoms with Gasteiger partial charge in [0.05, 0.1) is 30.9 Å². The number of rotatable bonds is 4. The number of methoxy groups -OCH3 is 1. The van der Waals surface area contributed by atoms with Crippen molar-refractivity contribution in [3.05, 3.63) is 77.1 Å². The standard InChI is InChI=1S/C21H13ClF3N5O3/c1-33-20(32)14-7-6-12(9-27-14)28-19(31)16-17(21(23,24)25)30(29-18(16)22)15-10-26-8-11-4-2-3-5-13(11)15/h2-10H,1H3,(H,28,31). The maximum absolute atomic E-state index is 14.1. The Morgan fingerprint density at radius 2 is 1.85 bits per heavy atom. The van der Waals surface area contributed by atoms with Gasteiger partial charge < -0.3 is 10.1 Å². The van der Waals surface area contributed by atoms with Crippen LogP contribution in [0, 0.1) is 0 Å². The van der Waals surface area contributed by atoms with Crippen molar-refractivity contribution in [3.8, 4) is 5.69 Å². The summed E-state index contributed by atoms with van der Waals surface area (Å²) in [5, 5.41) is 6.46. The number of esters is 1. The molecule has 1 amide bonds. The first-order valence-corrected chi connectivity index (χ1v) is 9.63. The van der Waals surface area contributed by atoms with Gasteiger partial charge in [-0.15, -0.1) is 0 Å². The minimum Gasteiger partial charge on any atom is -0.464 e. The first kappa shape index (κ1) is 22.2. The van der Waals surface area contributed by atoms with Gasteiger partial charge in [0.1, 0.15) is 11.3 Å². The summed E-state index contributed by atoms with van der Waals surface area (Å²) in [7, 11) is 1.17. The van der Waals surface area contributed by atoms with Crippen LogP contribution in [0.5, 0.6) is 0 Å². The number of anilines is 1. The van der Waals surface area contributed by atoms with Crippen LogP contribution in [0.2, 0.25) is 5.15 Å². The molecule has 0 unspecified atom stereocenters. The fourth-order valence-corrected chi connectivity index (χ4v) is 3.44. The Morgan fingerprint density at radius 3 is 2.52 bits per heavy atom. The van der Waals surface area contributed by atoms with Gasteiger partial charge in [0.25, 0.3) is 5.91 Å². The molecule has 168 valence electrons. The molecule has 0 fully saturated rings. The van der Waals surface area contributed by atoms with Crippen molar-refractivity contribution in [2.45, 2.75) is 6.18 Å². The molecule has 3 aromatic heterocycles. The number of nitrogens with one attached hydrogen (secondary N) is 1. The highest BCUT2D eigenvalue weighted by Gasteiger charge is 2.43. The van der Waals surface area contributed by atoms with Crippen LogP contribution >= 0.6 is 11.6 Å². The zero-order valence-electron chi connectivity index (χ0n) is 16.7. The average molecular weight is 476 g/mol. The lowest BCUT2D eigenvalue weighted by Crippen LogP contribution is -2.21. The number of carbonyl (C=O) groups excluding carboxylic acids is 2. The van der Waals surface area contributed by atoms with E-state index in [1.807, 2.05) is 0 Å². The number of ether oxygens (including phenoxy) is 1. The van der Waals surface area contributed by atoms with Crippen molar-refractivity contribution in [2.24, 2.45) is 0 Å². The topological polar surface area (TPSA) is 99.0 Å². The van der Waals surface area contributed by atoms with Crippen LogP contribution in [0.4, 0.5) is 18.9 Å². The molecule has 33 heavy (non-hydrogen) atoms.